The van der Waals surface area contributed by atoms with Gasteiger partial charge < -0.3 is 21.7 Å². The van der Waals surface area contributed by atoms with Crippen LogP contribution >= 0.6 is 7.26 Å². The quantitative estimate of drug-likeness (QED) is 0.250. The van der Waals surface area contributed by atoms with Crippen LogP contribution in [0.1, 0.15) is 0 Å². The van der Waals surface area contributed by atoms with Crippen LogP contribution in [0, 0.1) is 0 Å². The van der Waals surface area contributed by atoms with Crippen molar-refractivity contribution in [1.82, 2.24) is 0 Å². The molecule has 0 aliphatic heterocycles. The summed E-state index contributed by atoms with van der Waals surface area (Å²) in [6.45, 7) is 0. The highest BCUT2D eigenvalue weighted by Crippen LogP contribution is 2.56. The fourth-order valence-corrected chi connectivity index (χ4v) is 7.77. The van der Waals surface area contributed by atoms with Crippen LogP contribution in [0.25, 0.3) is 10.8 Å². The molecular weight excluding hydrogens is 487 g/mol. The number of halogens is 1. The Kier molecular flexibility index (Phi) is 7.40. The Morgan fingerprint density at radius 2 is 0.939 bits per heavy atom. The summed E-state index contributed by atoms with van der Waals surface area (Å²) >= 11 is 0. The van der Waals surface area contributed by atoms with Crippen LogP contribution in [0.4, 0.5) is 0 Å². The number of fused-ring (bicyclic) bond motifs is 1. The number of hydrogen-bond donors (Lipinski definition) is 0. The van der Waals surface area contributed by atoms with Gasteiger partial charge in [-0.3, -0.25) is 0 Å². The third kappa shape index (κ3) is 4.64. The fourth-order valence-electron chi connectivity index (χ4n) is 4.19. The maximum atomic E-state index is 6.29. The van der Waals surface area contributed by atoms with Gasteiger partial charge in [0.2, 0.25) is 0 Å². The molecule has 1 nitrogen and oxygen atoms in total. The van der Waals surface area contributed by atoms with Gasteiger partial charge in [0.25, 0.3) is 0 Å². The molecular formula is C30H24BrOP. The Hall–Kier alpha value is -3.19. The molecule has 5 aromatic carbocycles. The number of hydrogen-bond acceptors (Lipinski definition) is 1. The van der Waals surface area contributed by atoms with Crippen molar-refractivity contribution in [3.63, 3.8) is 0 Å². The molecule has 0 N–H and O–H groups in total. The summed E-state index contributed by atoms with van der Waals surface area (Å²) in [4.78, 5) is 0. The van der Waals surface area contributed by atoms with Crippen LogP contribution in [0.2, 0.25) is 0 Å². The monoisotopic (exact) mass is 510 g/mol. The molecule has 0 aliphatic rings. The number of rotatable bonds is 6. The summed E-state index contributed by atoms with van der Waals surface area (Å²) in [5, 5.41) is 6.19. The van der Waals surface area contributed by atoms with Crippen molar-refractivity contribution >= 4 is 33.9 Å². The summed E-state index contributed by atoms with van der Waals surface area (Å²) < 4.78 is 6.29. The molecule has 162 valence electrons. The molecule has 0 radical (unpaired) electrons. The van der Waals surface area contributed by atoms with Crippen molar-refractivity contribution in [2.75, 3.05) is 0 Å². The predicted octanol–water partition coefficient (Wildman–Crippen LogP) is 3.69. The molecule has 0 aliphatic carbocycles. The summed E-state index contributed by atoms with van der Waals surface area (Å²) in [6, 6.07) is 46.8. The van der Waals surface area contributed by atoms with Crippen LogP contribution < -0.4 is 37.6 Å². The average molecular weight is 511 g/mol. The minimum absolute atomic E-state index is 0. The van der Waals surface area contributed by atoms with E-state index in [0.717, 1.165) is 11.1 Å². The SMILES string of the molecule is C(=C\[P+](c1ccccc1)(c1ccccc1)c1ccccc1)/Oc1cccc2ccccc12.[Br-]. The van der Waals surface area contributed by atoms with E-state index in [1.165, 1.54) is 21.3 Å². The summed E-state index contributed by atoms with van der Waals surface area (Å²) in [7, 11) is -2.06. The summed E-state index contributed by atoms with van der Waals surface area (Å²) in [5.41, 5.74) is 0. The zero-order chi connectivity index (χ0) is 21.6. The van der Waals surface area contributed by atoms with E-state index < -0.39 is 7.26 Å². The highest BCUT2D eigenvalue weighted by Gasteiger charge is 2.43. The highest BCUT2D eigenvalue weighted by atomic mass is 79.9. The number of benzene rings is 5. The van der Waals surface area contributed by atoms with Gasteiger partial charge in [-0.1, -0.05) is 91.0 Å². The third-order valence-corrected chi connectivity index (χ3v) is 9.63. The second-order valence-corrected chi connectivity index (χ2v) is 10.9. The van der Waals surface area contributed by atoms with Gasteiger partial charge in [-0.15, -0.1) is 0 Å². The van der Waals surface area contributed by atoms with Gasteiger partial charge in [0.15, 0.2) is 0 Å². The second kappa shape index (κ2) is 10.6. The molecule has 3 heteroatoms. The lowest BCUT2D eigenvalue weighted by Gasteiger charge is -2.23. The molecule has 0 aromatic heterocycles. The van der Waals surface area contributed by atoms with Crippen molar-refractivity contribution in [3.8, 4) is 5.75 Å². The van der Waals surface area contributed by atoms with Crippen molar-refractivity contribution in [3.05, 3.63) is 146 Å². The van der Waals surface area contributed by atoms with Crippen molar-refractivity contribution in [1.29, 1.82) is 0 Å². The van der Waals surface area contributed by atoms with Crippen LogP contribution in [-0.4, -0.2) is 0 Å². The van der Waals surface area contributed by atoms with Crippen LogP contribution in [0.5, 0.6) is 5.75 Å². The minimum atomic E-state index is -2.06. The standard InChI is InChI=1S/C30H24OP.BrH/c1-4-15-26(16-5-1)32(27-17-6-2-7-18-27,28-19-8-3-9-20-28)24-23-31-30-22-12-14-25-13-10-11-21-29(25)30;/h1-24H;1H/q+1;/p-1/b24-23+;. The van der Waals surface area contributed by atoms with E-state index >= 15 is 0 Å². The van der Waals surface area contributed by atoms with E-state index in [9.17, 15) is 0 Å². The van der Waals surface area contributed by atoms with Crippen molar-refractivity contribution in [2.24, 2.45) is 0 Å². The van der Waals surface area contributed by atoms with E-state index in [1.54, 1.807) is 0 Å². The molecule has 0 saturated carbocycles. The lowest BCUT2D eigenvalue weighted by atomic mass is 10.1. The lowest BCUT2D eigenvalue weighted by molar-refractivity contribution is -0.00000644. The third-order valence-electron chi connectivity index (χ3n) is 5.72. The first kappa shape index (κ1) is 23.0. The lowest BCUT2D eigenvalue weighted by Crippen LogP contribution is -3.00. The van der Waals surface area contributed by atoms with Gasteiger partial charge in [-0.05, 0) is 47.9 Å². The first-order valence-electron chi connectivity index (χ1n) is 10.8. The summed E-state index contributed by atoms with van der Waals surface area (Å²) in [5.74, 6) is 3.15. The molecule has 0 fully saturated rings. The molecule has 5 rings (SSSR count). The zero-order valence-corrected chi connectivity index (χ0v) is 20.6. The maximum absolute atomic E-state index is 6.29. The van der Waals surface area contributed by atoms with E-state index in [-0.39, 0.29) is 17.0 Å². The van der Waals surface area contributed by atoms with E-state index in [1.807, 2.05) is 24.5 Å². The van der Waals surface area contributed by atoms with E-state index in [0.29, 0.717) is 0 Å². The normalized spacial score (nSPS) is 11.3. The van der Waals surface area contributed by atoms with Crippen LogP contribution in [0.15, 0.2) is 146 Å². The molecule has 0 heterocycles. The first-order chi connectivity index (χ1) is 15.9. The average Bonchev–Trinajstić information content (AvgIpc) is 2.88. The smallest absolute Gasteiger partial charge is 0.140 e. The molecule has 0 bridgehead atoms. The van der Waals surface area contributed by atoms with Gasteiger partial charge in [0.1, 0.15) is 41.0 Å². The van der Waals surface area contributed by atoms with Gasteiger partial charge in [-0.25, -0.2) is 0 Å². The van der Waals surface area contributed by atoms with Crippen molar-refractivity contribution in [2.45, 2.75) is 0 Å². The molecule has 0 spiro atoms. The largest absolute Gasteiger partial charge is 1.00 e. The van der Waals surface area contributed by atoms with E-state index in [2.05, 4.69) is 121 Å². The van der Waals surface area contributed by atoms with Gasteiger partial charge in [0, 0.05) is 5.39 Å². The molecule has 0 amide bonds. The fraction of sp³-hybridized carbons (Fsp3) is 0. The summed E-state index contributed by atoms with van der Waals surface area (Å²) in [6.07, 6.45) is 1.89. The molecule has 33 heavy (non-hydrogen) atoms. The molecule has 0 unspecified atom stereocenters. The highest BCUT2D eigenvalue weighted by molar-refractivity contribution is 7.98. The van der Waals surface area contributed by atoms with Gasteiger partial charge >= 0.3 is 0 Å². The van der Waals surface area contributed by atoms with Gasteiger partial charge in [-0.2, -0.15) is 0 Å². The van der Waals surface area contributed by atoms with Crippen LogP contribution in [-0.2, 0) is 0 Å². The Labute approximate surface area is 206 Å². The van der Waals surface area contributed by atoms with Crippen LogP contribution in [0.3, 0.4) is 0 Å². The Morgan fingerprint density at radius 1 is 0.485 bits per heavy atom. The second-order valence-electron chi connectivity index (χ2n) is 7.61. The molecule has 0 atom stereocenters. The molecule has 5 aromatic rings. The zero-order valence-electron chi connectivity index (χ0n) is 18.1. The minimum Gasteiger partial charge on any atom is -1.00 e. The first-order valence-corrected chi connectivity index (χ1v) is 12.6. The Balaban J connectivity index is 0.00000259. The topological polar surface area (TPSA) is 9.23 Å². The molecule has 0 saturated heterocycles. The Bertz CT molecular complexity index is 1230. The maximum Gasteiger partial charge on any atom is 0.140 e. The van der Waals surface area contributed by atoms with Gasteiger partial charge in [0.05, 0.1) is 0 Å². The Morgan fingerprint density at radius 3 is 1.48 bits per heavy atom. The predicted molar refractivity (Wildman–Crippen MR) is 139 cm³/mol. The number of ether oxygens (including phenoxy) is 1. The van der Waals surface area contributed by atoms with Crippen molar-refractivity contribution < 1.29 is 21.7 Å². The van der Waals surface area contributed by atoms with E-state index in [4.69, 9.17) is 4.74 Å².